The van der Waals surface area contributed by atoms with E-state index in [9.17, 15) is 9.59 Å². The Balaban J connectivity index is 1.47. The number of benzene rings is 2. The predicted octanol–water partition coefficient (Wildman–Crippen LogP) is 4.02. The van der Waals surface area contributed by atoms with E-state index in [4.69, 9.17) is 0 Å². The van der Waals surface area contributed by atoms with E-state index in [1.165, 1.54) is 5.56 Å². The van der Waals surface area contributed by atoms with Crippen LogP contribution in [0, 0.1) is 5.92 Å². The lowest BCUT2D eigenvalue weighted by atomic mass is 9.99. The lowest BCUT2D eigenvalue weighted by Gasteiger charge is -2.43. The van der Waals surface area contributed by atoms with Gasteiger partial charge in [0, 0.05) is 32.1 Å². The van der Waals surface area contributed by atoms with Gasteiger partial charge in [-0.05, 0) is 49.3 Å². The Hall–Kier alpha value is -2.66. The number of amides is 2. The third-order valence-corrected chi connectivity index (χ3v) is 7.20. The van der Waals surface area contributed by atoms with Gasteiger partial charge >= 0.3 is 0 Å². The number of fused-ring (bicyclic) bond motifs is 1. The Morgan fingerprint density at radius 1 is 0.912 bits per heavy atom. The Kier molecular flexibility index (Phi) is 8.39. The Bertz CT molecular complexity index is 931. The second kappa shape index (κ2) is 11.7. The predicted molar refractivity (Wildman–Crippen MR) is 136 cm³/mol. The van der Waals surface area contributed by atoms with Crippen molar-refractivity contribution in [1.82, 2.24) is 14.7 Å². The molecule has 0 aliphatic carbocycles. The number of aryl methyl sites for hydroxylation is 1. The van der Waals surface area contributed by atoms with Gasteiger partial charge in [-0.3, -0.25) is 14.5 Å². The van der Waals surface area contributed by atoms with Gasteiger partial charge in [-0.2, -0.15) is 0 Å². The molecular formula is C29H39N3O2. The van der Waals surface area contributed by atoms with Gasteiger partial charge in [0.15, 0.2) is 0 Å². The highest BCUT2D eigenvalue weighted by atomic mass is 16.2. The molecule has 4 rings (SSSR count). The van der Waals surface area contributed by atoms with Gasteiger partial charge in [0.05, 0.1) is 6.54 Å². The van der Waals surface area contributed by atoms with Crippen LogP contribution < -0.4 is 0 Å². The molecule has 5 heteroatoms. The standard InChI is InChI=1S/C29H39N3O2/c1-23(2)15-18-31-19-16-26-21-30(17-9-14-24-10-5-3-6-11-24)22-28(33)32(26)27(29(31)34)20-25-12-7-4-8-13-25/h3-8,10-13,23,26-27H,9,14-22H2,1-2H3/t26-,27+/m1/s1. The molecule has 2 saturated heterocycles. The van der Waals surface area contributed by atoms with Crippen molar-refractivity contribution >= 4 is 11.8 Å². The molecule has 0 aromatic heterocycles. The molecule has 34 heavy (non-hydrogen) atoms. The topological polar surface area (TPSA) is 43.9 Å². The van der Waals surface area contributed by atoms with Gasteiger partial charge in [-0.15, -0.1) is 0 Å². The Labute approximate surface area is 204 Å². The highest BCUT2D eigenvalue weighted by Gasteiger charge is 2.43. The molecule has 2 aromatic rings. The van der Waals surface area contributed by atoms with Crippen LogP contribution >= 0.6 is 0 Å². The molecule has 0 radical (unpaired) electrons. The number of hydrogen-bond donors (Lipinski definition) is 0. The van der Waals surface area contributed by atoms with E-state index in [2.05, 4.69) is 55.1 Å². The summed E-state index contributed by atoms with van der Waals surface area (Å²) in [5.74, 6) is 0.779. The van der Waals surface area contributed by atoms with Crippen LogP contribution in [0.2, 0.25) is 0 Å². The molecule has 2 atom stereocenters. The summed E-state index contributed by atoms with van der Waals surface area (Å²) in [5, 5.41) is 0. The average Bonchev–Trinajstić information content (AvgIpc) is 2.96. The molecule has 2 aliphatic rings. The number of rotatable bonds is 9. The van der Waals surface area contributed by atoms with Crippen LogP contribution in [0.15, 0.2) is 60.7 Å². The van der Waals surface area contributed by atoms with Gasteiger partial charge in [-0.25, -0.2) is 0 Å². The summed E-state index contributed by atoms with van der Waals surface area (Å²) < 4.78 is 0. The minimum atomic E-state index is -0.402. The van der Waals surface area contributed by atoms with E-state index in [1.807, 2.05) is 34.1 Å². The van der Waals surface area contributed by atoms with Crippen LogP contribution in [0.25, 0.3) is 0 Å². The second-order valence-electron chi connectivity index (χ2n) is 10.3. The first-order valence-corrected chi connectivity index (χ1v) is 12.9. The van der Waals surface area contributed by atoms with Crippen molar-refractivity contribution in [3.8, 4) is 0 Å². The number of hydrogen-bond acceptors (Lipinski definition) is 3. The average molecular weight is 462 g/mol. The Morgan fingerprint density at radius 2 is 1.59 bits per heavy atom. The maximum atomic E-state index is 13.7. The highest BCUT2D eigenvalue weighted by molar-refractivity contribution is 5.90. The normalized spacial score (nSPS) is 21.6. The third-order valence-electron chi connectivity index (χ3n) is 7.20. The Morgan fingerprint density at radius 3 is 2.26 bits per heavy atom. The molecule has 0 saturated carbocycles. The van der Waals surface area contributed by atoms with Crippen molar-refractivity contribution in [2.45, 2.75) is 58.0 Å². The summed E-state index contributed by atoms with van der Waals surface area (Å²) in [5.41, 5.74) is 2.46. The van der Waals surface area contributed by atoms with Gasteiger partial charge in [0.25, 0.3) is 0 Å². The zero-order chi connectivity index (χ0) is 23.9. The molecule has 2 amide bonds. The van der Waals surface area contributed by atoms with Crippen molar-refractivity contribution in [2.24, 2.45) is 5.92 Å². The van der Waals surface area contributed by atoms with Crippen LogP contribution in [0.1, 0.15) is 44.2 Å². The van der Waals surface area contributed by atoms with Gasteiger partial charge < -0.3 is 9.80 Å². The van der Waals surface area contributed by atoms with Crippen LogP contribution in [0.3, 0.4) is 0 Å². The lowest BCUT2D eigenvalue weighted by Crippen LogP contribution is -2.61. The fourth-order valence-corrected chi connectivity index (χ4v) is 5.31. The monoisotopic (exact) mass is 461 g/mol. The quantitative estimate of drug-likeness (QED) is 0.567. The van der Waals surface area contributed by atoms with Gasteiger partial charge in [0.1, 0.15) is 6.04 Å². The van der Waals surface area contributed by atoms with E-state index in [1.54, 1.807) is 0 Å². The van der Waals surface area contributed by atoms with Crippen molar-refractivity contribution in [1.29, 1.82) is 0 Å². The van der Waals surface area contributed by atoms with Crippen molar-refractivity contribution < 1.29 is 9.59 Å². The van der Waals surface area contributed by atoms with Gasteiger partial charge in [-0.1, -0.05) is 74.5 Å². The summed E-state index contributed by atoms with van der Waals surface area (Å²) in [6, 6.07) is 20.4. The lowest BCUT2D eigenvalue weighted by molar-refractivity contribution is -0.150. The molecule has 2 fully saturated rings. The first-order valence-electron chi connectivity index (χ1n) is 12.9. The van der Waals surface area contributed by atoms with Crippen LogP contribution in [0.4, 0.5) is 0 Å². The summed E-state index contributed by atoms with van der Waals surface area (Å²) in [6.45, 7) is 8.10. The largest absolute Gasteiger partial charge is 0.341 e. The number of carbonyl (C=O) groups is 2. The smallest absolute Gasteiger partial charge is 0.245 e. The molecule has 182 valence electrons. The third kappa shape index (κ3) is 6.26. The minimum absolute atomic E-state index is 0.0969. The summed E-state index contributed by atoms with van der Waals surface area (Å²) in [7, 11) is 0. The molecule has 2 aliphatic heterocycles. The summed E-state index contributed by atoms with van der Waals surface area (Å²) >= 11 is 0. The van der Waals surface area contributed by atoms with Crippen molar-refractivity contribution in [3.05, 3.63) is 71.8 Å². The van der Waals surface area contributed by atoms with Gasteiger partial charge in [0.2, 0.25) is 11.8 Å². The summed E-state index contributed by atoms with van der Waals surface area (Å²) in [6.07, 6.45) is 4.51. The van der Waals surface area contributed by atoms with E-state index in [0.29, 0.717) is 18.9 Å². The molecule has 0 unspecified atom stereocenters. The minimum Gasteiger partial charge on any atom is -0.341 e. The fraction of sp³-hybridized carbons (Fsp3) is 0.517. The molecule has 5 nitrogen and oxygen atoms in total. The van der Waals surface area contributed by atoms with Crippen molar-refractivity contribution in [3.63, 3.8) is 0 Å². The maximum absolute atomic E-state index is 13.7. The number of carbonyl (C=O) groups excluding carboxylic acids is 2. The molecule has 0 bridgehead atoms. The zero-order valence-electron chi connectivity index (χ0n) is 20.7. The first-order chi connectivity index (χ1) is 16.5. The van der Waals surface area contributed by atoms with E-state index in [-0.39, 0.29) is 17.9 Å². The van der Waals surface area contributed by atoms with Crippen LogP contribution in [-0.2, 0) is 22.4 Å². The molecular weight excluding hydrogens is 422 g/mol. The van der Waals surface area contributed by atoms with Crippen LogP contribution in [0.5, 0.6) is 0 Å². The first kappa shape index (κ1) is 24.5. The number of nitrogens with zero attached hydrogens (tertiary/aromatic N) is 3. The van der Waals surface area contributed by atoms with E-state index < -0.39 is 6.04 Å². The molecule has 0 spiro atoms. The number of piperazine rings is 1. The highest BCUT2D eigenvalue weighted by Crippen LogP contribution is 2.26. The fourth-order valence-electron chi connectivity index (χ4n) is 5.31. The molecule has 2 heterocycles. The van der Waals surface area contributed by atoms with Crippen LogP contribution in [-0.4, -0.2) is 71.3 Å². The van der Waals surface area contributed by atoms with E-state index >= 15 is 0 Å². The zero-order valence-corrected chi connectivity index (χ0v) is 20.7. The summed E-state index contributed by atoms with van der Waals surface area (Å²) in [4.78, 5) is 33.4. The molecule has 2 aromatic carbocycles. The second-order valence-corrected chi connectivity index (χ2v) is 10.3. The SMILES string of the molecule is CC(C)CCN1CC[C@@H]2CN(CCCc3ccccc3)CC(=O)N2[C@@H](Cc2ccccc2)C1=O. The molecule has 0 N–H and O–H groups in total. The maximum Gasteiger partial charge on any atom is 0.245 e. The van der Waals surface area contributed by atoms with Crippen molar-refractivity contribution in [2.75, 3.05) is 32.7 Å². The van der Waals surface area contributed by atoms with E-state index in [0.717, 1.165) is 57.4 Å².